The Morgan fingerprint density at radius 3 is 2.86 bits per heavy atom. The first-order valence-corrected chi connectivity index (χ1v) is 7.45. The molecule has 3 aromatic rings. The zero-order valence-electron chi connectivity index (χ0n) is 11.5. The van der Waals surface area contributed by atoms with E-state index in [0.717, 1.165) is 5.56 Å². The first-order chi connectivity index (χ1) is 10.2. The number of nitrogens with zero attached hydrogens (tertiary/aromatic N) is 4. The topological polar surface area (TPSA) is 82.8 Å². The third-order valence-electron chi connectivity index (χ3n) is 2.94. The predicted octanol–water partition coefficient (Wildman–Crippen LogP) is 2.14. The third kappa shape index (κ3) is 3.32. The van der Waals surface area contributed by atoms with Gasteiger partial charge in [0.1, 0.15) is 6.04 Å². The van der Waals surface area contributed by atoms with E-state index in [0.29, 0.717) is 17.5 Å². The van der Waals surface area contributed by atoms with Crippen LogP contribution in [0.25, 0.3) is 0 Å². The standard InChI is InChI=1S/C14H15N5OS/c1-19-8-10(7-16-19)13(15)14-17-12(18-20-14)9-21-11-5-3-2-4-6-11/h2-8,13H,9,15H2,1H3. The minimum absolute atomic E-state index is 0.409. The van der Waals surface area contributed by atoms with Gasteiger partial charge in [-0.3, -0.25) is 4.68 Å². The predicted molar refractivity (Wildman–Crippen MR) is 79.5 cm³/mol. The Balaban J connectivity index is 1.66. The summed E-state index contributed by atoms with van der Waals surface area (Å²) in [5.41, 5.74) is 6.94. The van der Waals surface area contributed by atoms with Crippen molar-refractivity contribution in [2.24, 2.45) is 12.8 Å². The number of nitrogens with two attached hydrogens (primary N) is 1. The molecule has 0 radical (unpaired) electrons. The largest absolute Gasteiger partial charge is 0.337 e. The van der Waals surface area contributed by atoms with Gasteiger partial charge < -0.3 is 10.3 Å². The number of hydrogen-bond acceptors (Lipinski definition) is 6. The maximum Gasteiger partial charge on any atom is 0.248 e. The van der Waals surface area contributed by atoms with Gasteiger partial charge in [0, 0.05) is 23.7 Å². The van der Waals surface area contributed by atoms with Gasteiger partial charge in [-0.15, -0.1) is 11.8 Å². The molecule has 1 aromatic carbocycles. The van der Waals surface area contributed by atoms with Crippen molar-refractivity contribution in [3.8, 4) is 0 Å². The minimum Gasteiger partial charge on any atom is -0.337 e. The van der Waals surface area contributed by atoms with Gasteiger partial charge in [-0.25, -0.2) is 0 Å². The van der Waals surface area contributed by atoms with E-state index < -0.39 is 6.04 Å². The highest BCUT2D eigenvalue weighted by Crippen LogP contribution is 2.22. The molecule has 3 rings (SSSR count). The quantitative estimate of drug-likeness (QED) is 0.727. The van der Waals surface area contributed by atoms with Crippen molar-refractivity contribution in [1.82, 2.24) is 19.9 Å². The van der Waals surface area contributed by atoms with Crippen molar-refractivity contribution in [2.45, 2.75) is 16.7 Å². The van der Waals surface area contributed by atoms with Crippen LogP contribution in [0.2, 0.25) is 0 Å². The second kappa shape index (κ2) is 6.11. The minimum atomic E-state index is -0.443. The zero-order chi connectivity index (χ0) is 14.7. The Labute approximate surface area is 126 Å². The normalized spacial score (nSPS) is 12.5. The van der Waals surface area contributed by atoms with E-state index in [-0.39, 0.29) is 0 Å². The molecule has 6 nitrogen and oxygen atoms in total. The molecule has 0 bridgehead atoms. The summed E-state index contributed by atoms with van der Waals surface area (Å²) < 4.78 is 6.93. The van der Waals surface area contributed by atoms with Crippen LogP contribution in [0.4, 0.5) is 0 Å². The second-order valence-electron chi connectivity index (χ2n) is 4.58. The number of thioether (sulfide) groups is 1. The van der Waals surface area contributed by atoms with Gasteiger partial charge in [0.15, 0.2) is 5.82 Å². The third-order valence-corrected chi connectivity index (χ3v) is 3.95. The fourth-order valence-corrected chi connectivity index (χ4v) is 2.62. The van der Waals surface area contributed by atoms with E-state index in [1.807, 2.05) is 43.6 Å². The van der Waals surface area contributed by atoms with Gasteiger partial charge >= 0.3 is 0 Å². The monoisotopic (exact) mass is 301 g/mol. The Bertz CT molecular complexity index is 709. The van der Waals surface area contributed by atoms with Gasteiger partial charge in [0.2, 0.25) is 5.89 Å². The van der Waals surface area contributed by atoms with E-state index in [9.17, 15) is 0 Å². The van der Waals surface area contributed by atoms with E-state index in [1.54, 1.807) is 22.6 Å². The summed E-state index contributed by atoms with van der Waals surface area (Å²) in [7, 11) is 1.84. The van der Waals surface area contributed by atoms with E-state index in [4.69, 9.17) is 10.3 Å². The van der Waals surface area contributed by atoms with Gasteiger partial charge in [0.05, 0.1) is 11.9 Å². The van der Waals surface area contributed by atoms with Gasteiger partial charge in [0.25, 0.3) is 0 Å². The lowest BCUT2D eigenvalue weighted by Gasteiger charge is -2.01. The van der Waals surface area contributed by atoms with Crippen LogP contribution in [0.5, 0.6) is 0 Å². The molecule has 1 atom stereocenters. The molecule has 7 heteroatoms. The smallest absolute Gasteiger partial charge is 0.248 e. The van der Waals surface area contributed by atoms with Crippen LogP contribution in [-0.2, 0) is 12.8 Å². The van der Waals surface area contributed by atoms with Crippen LogP contribution in [0.3, 0.4) is 0 Å². The highest BCUT2D eigenvalue weighted by molar-refractivity contribution is 7.98. The number of aromatic nitrogens is 4. The molecule has 0 saturated heterocycles. The molecule has 0 aliphatic carbocycles. The summed E-state index contributed by atoms with van der Waals surface area (Å²) in [5, 5.41) is 8.06. The van der Waals surface area contributed by atoms with Crippen LogP contribution in [0, 0.1) is 0 Å². The molecule has 2 aromatic heterocycles. The molecular weight excluding hydrogens is 286 g/mol. The van der Waals surface area contributed by atoms with Crippen LogP contribution < -0.4 is 5.73 Å². The van der Waals surface area contributed by atoms with Crippen molar-refractivity contribution in [3.63, 3.8) is 0 Å². The maximum absolute atomic E-state index is 6.09. The molecule has 0 amide bonds. The molecule has 0 aliphatic heterocycles. The zero-order valence-corrected chi connectivity index (χ0v) is 12.3. The molecule has 0 saturated carbocycles. The molecular formula is C14H15N5OS. The molecule has 21 heavy (non-hydrogen) atoms. The molecule has 0 spiro atoms. The molecule has 0 fully saturated rings. The first-order valence-electron chi connectivity index (χ1n) is 6.47. The Kier molecular flexibility index (Phi) is 4.03. The Morgan fingerprint density at radius 1 is 1.33 bits per heavy atom. The number of rotatable bonds is 5. The number of benzene rings is 1. The fourth-order valence-electron chi connectivity index (χ4n) is 1.86. The summed E-state index contributed by atoms with van der Waals surface area (Å²) in [4.78, 5) is 5.52. The molecule has 1 unspecified atom stereocenters. The Hall–Kier alpha value is -2.12. The molecule has 0 aliphatic rings. The fraction of sp³-hybridized carbons (Fsp3) is 0.214. The van der Waals surface area contributed by atoms with Crippen LogP contribution in [-0.4, -0.2) is 19.9 Å². The highest BCUT2D eigenvalue weighted by Gasteiger charge is 2.18. The average molecular weight is 301 g/mol. The summed E-state index contributed by atoms with van der Waals surface area (Å²) >= 11 is 1.66. The average Bonchev–Trinajstić information content (AvgIpc) is 3.14. The van der Waals surface area contributed by atoms with Crippen molar-refractivity contribution < 1.29 is 4.52 Å². The molecule has 2 N–H and O–H groups in total. The van der Waals surface area contributed by atoms with Gasteiger partial charge in [-0.05, 0) is 12.1 Å². The molecule has 108 valence electrons. The highest BCUT2D eigenvalue weighted by atomic mass is 32.2. The lowest BCUT2D eigenvalue weighted by atomic mass is 10.2. The maximum atomic E-state index is 6.09. The number of hydrogen-bond donors (Lipinski definition) is 1. The first kappa shape index (κ1) is 13.8. The van der Waals surface area contributed by atoms with Gasteiger partial charge in [-0.1, -0.05) is 23.4 Å². The SMILES string of the molecule is Cn1cc(C(N)c2nc(CSc3ccccc3)no2)cn1. The van der Waals surface area contributed by atoms with Crippen molar-refractivity contribution in [1.29, 1.82) is 0 Å². The molecule has 2 heterocycles. The van der Waals surface area contributed by atoms with Crippen LogP contribution >= 0.6 is 11.8 Å². The van der Waals surface area contributed by atoms with E-state index in [1.165, 1.54) is 4.90 Å². The van der Waals surface area contributed by atoms with Gasteiger partial charge in [-0.2, -0.15) is 10.1 Å². The summed E-state index contributed by atoms with van der Waals surface area (Å²) in [5.74, 6) is 1.69. The lowest BCUT2D eigenvalue weighted by molar-refractivity contribution is 0.363. The Morgan fingerprint density at radius 2 is 2.14 bits per heavy atom. The summed E-state index contributed by atoms with van der Waals surface area (Å²) in [6, 6.07) is 9.65. The van der Waals surface area contributed by atoms with Crippen molar-refractivity contribution >= 4 is 11.8 Å². The van der Waals surface area contributed by atoms with Crippen molar-refractivity contribution in [2.75, 3.05) is 0 Å². The lowest BCUT2D eigenvalue weighted by Crippen LogP contribution is -2.11. The van der Waals surface area contributed by atoms with Crippen molar-refractivity contribution in [3.05, 3.63) is 60.0 Å². The second-order valence-corrected chi connectivity index (χ2v) is 5.62. The summed E-state index contributed by atoms with van der Waals surface area (Å²) in [6.45, 7) is 0. The van der Waals surface area contributed by atoms with E-state index in [2.05, 4.69) is 15.2 Å². The van der Waals surface area contributed by atoms with E-state index >= 15 is 0 Å². The summed E-state index contributed by atoms with van der Waals surface area (Å²) in [6.07, 6.45) is 3.54. The number of aryl methyl sites for hydroxylation is 1. The van der Waals surface area contributed by atoms with Crippen LogP contribution in [0.15, 0.2) is 52.1 Å². The van der Waals surface area contributed by atoms with Crippen LogP contribution in [0.1, 0.15) is 23.3 Å².